The zero-order valence-corrected chi connectivity index (χ0v) is 11.2. The lowest BCUT2D eigenvalue weighted by molar-refractivity contribution is -0.315. The van der Waals surface area contributed by atoms with Gasteiger partial charge in [-0.25, -0.2) is 0 Å². The van der Waals surface area contributed by atoms with Gasteiger partial charge in [0.25, 0.3) is 0 Å². The van der Waals surface area contributed by atoms with Crippen LogP contribution in [-0.2, 0) is 11.2 Å². The molecule has 3 N–H and O–H groups in total. The fraction of sp³-hybridized carbons (Fsp3) is 0.600. The molecule has 0 saturated carbocycles. The molecule has 1 fully saturated rings. The van der Waals surface area contributed by atoms with Crippen LogP contribution < -0.4 is 4.74 Å². The van der Waals surface area contributed by atoms with Crippen LogP contribution in [0.2, 0.25) is 0 Å². The number of rotatable bonds is 2. The molecule has 1 aromatic rings. The van der Waals surface area contributed by atoms with Crippen molar-refractivity contribution in [3.63, 3.8) is 0 Å². The van der Waals surface area contributed by atoms with Gasteiger partial charge in [0, 0.05) is 19.4 Å². The van der Waals surface area contributed by atoms with Crippen molar-refractivity contribution in [2.24, 2.45) is 0 Å². The molecule has 2 heterocycles. The van der Waals surface area contributed by atoms with Crippen molar-refractivity contribution < 1.29 is 24.8 Å². The number of hydrogen-bond donors (Lipinski definition) is 3. The summed E-state index contributed by atoms with van der Waals surface area (Å²) in [6.45, 7) is -0.0137. The van der Waals surface area contributed by atoms with Gasteiger partial charge < -0.3 is 24.8 Å². The van der Waals surface area contributed by atoms with E-state index in [-0.39, 0.29) is 12.7 Å². The molecule has 3 rings (SSSR count). The van der Waals surface area contributed by atoms with Gasteiger partial charge in [-0.1, -0.05) is 18.2 Å². The number of aryl methyl sites for hydroxylation is 1. The van der Waals surface area contributed by atoms with Crippen LogP contribution in [0, 0.1) is 0 Å². The quantitative estimate of drug-likeness (QED) is 0.739. The average Bonchev–Trinajstić information content (AvgIpc) is 2.45. The largest absolute Gasteiger partial charge is 0.459 e. The molecular formula is C15H20O5. The van der Waals surface area contributed by atoms with E-state index in [1.165, 1.54) is 0 Å². The summed E-state index contributed by atoms with van der Waals surface area (Å²) in [5, 5.41) is 29.4. The standard InChI is InChI=1S/C15H20O5/c16-8-6-11-9-12(17)14(18)15(19-11)7-5-10-3-1-2-4-13(10)20-15/h1-4,11-12,14,16-18H,5-9H2/t11-,12+,14-,15+/m1/s1. The van der Waals surface area contributed by atoms with Gasteiger partial charge >= 0.3 is 0 Å². The van der Waals surface area contributed by atoms with Crippen molar-refractivity contribution in [3.05, 3.63) is 29.8 Å². The fourth-order valence-corrected chi connectivity index (χ4v) is 3.06. The molecule has 1 saturated heterocycles. The first kappa shape index (κ1) is 13.8. The van der Waals surface area contributed by atoms with E-state index in [9.17, 15) is 10.2 Å². The Morgan fingerprint density at radius 2 is 2.05 bits per heavy atom. The molecule has 0 bridgehead atoms. The highest BCUT2D eigenvalue weighted by atomic mass is 16.7. The second-order valence-corrected chi connectivity index (χ2v) is 5.52. The Morgan fingerprint density at radius 1 is 1.25 bits per heavy atom. The Hall–Kier alpha value is -1.14. The first-order valence-electron chi connectivity index (χ1n) is 7.06. The van der Waals surface area contributed by atoms with Crippen molar-refractivity contribution in [3.8, 4) is 5.75 Å². The van der Waals surface area contributed by atoms with E-state index in [1.54, 1.807) is 0 Å². The van der Waals surface area contributed by atoms with E-state index in [2.05, 4.69) is 0 Å². The Kier molecular flexibility index (Phi) is 3.69. The van der Waals surface area contributed by atoms with Gasteiger partial charge in [0.1, 0.15) is 11.9 Å². The number of benzene rings is 1. The summed E-state index contributed by atoms with van der Waals surface area (Å²) in [7, 11) is 0. The molecule has 0 amide bonds. The number of aliphatic hydroxyl groups excluding tert-OH is 3. The SMILES string of the molecule is OCC[C@@H]1C[C@H](O)[C@@H](O)[C@@]2(CCc3ccccc3O2)O1. The van der Waals surface area contributed by atoms with E-state index in [4.69, 9.17) is 14.6 Å². The van der Waals surface area contributed by atoms with Crippen molar-refractivity contribution in [2.75, 3.05) is 6.61 Å². The maximum atomic E-state index is 10.3. The van der Waals surface area contributed by atoms with Crippen LogP contribution in [0.5, 0.6) is 5.75 Å². The topological polar surface area (TPSA) is 79.2 Å². The number of fused-ring (bicyclic) bond motifs is 1. The molecule has 2 aliphatic rings. The Labute approximate surface area is 117 Å². The molecule has 0 aromatic heterocycles. The van der Waals surface area contributed by atoms with Gasteiger partial charge in [-0.05, 0) is 24.5 Å². The van der Waals surface area contributed by atoms with Gasteiger partial charge in [0.05, 0.1) is 12.2 Å². The van der Waals surface area contributed by atoms with E-state index in [1.807, 2.05) is 24.3 Å². The number of aliphatic hydroxyl groups is 3. The van der Waals surface area contributed by atoms with Crippen LogP contribution >= 0.6 is 0 Å². The third-order valence-electron chi connectivity index (χ3n) is 4.13. The number of para-hydroxylation sites is 1. The Bertz CT molecular complexity index is 477. The summed E-state index contributed by atoms with van der Waals surface area (Å²) in [4.78, 5) is 0. The van der Waals surface area contributed by atoms with Crippen molar-refractivity contribution in [1.82, 2.24) is 0 Å². The van der Waals surface area contributed by atoms with E-state index in [0.29, 0.717) is 25.0 Å². The van der Waals surface area contributed by atoms with Crippen LogP contribution in [0.25, 0.3) is 0 Å². The smallest absolute Gasteiger partial charge is 0.239 e. The Balaban J connectivity index is 1.87. The molecule has 2 aliphatic heterocycles. The zero-order valence-electron chi connectivity index (χ0n) is 11.2. The summed E-state index contributed by atoms with van der Waals surface area (Å²) in [6, 6.07) is 7.64. The first-order chi connectivity index (χ1) is 9.64. The number of hydrogen-bond acceptors (Lipinski definition) is 5. The van der Waals surface area contributed by atoms with Crippen molar-refractivity contribution >= 4 is 0 Å². The van der Waals surface area contributed by atoms with E-state index >= 15 is 0 Å². The minimum Gasteiger partial charge on any atom is -0.459 e. The normalized spacial score (nSPS) is 36.5. The molecule has 4 atom stereocenters. The Morgan fingerprint density at radius 3 is 2.85 bits per heavy atom. The molecule has 110 valence electrons. The molecular weight excluding hydrogens is 260 g/mol. The van der Waals surface area contributed by atoms with Crippen molar-refractivity contribution in [1.29, 1.82) is 0 Å². The van der Waals surface area contributed by atoms with E-state index in [0.717, 1.165) is 12.0 Å². The minimum absolute atomic E-state index is 0.0137. The minimum atomic E-state index is -1.20. The van der Waals surface area contributed by atoms with E-state index < -0.39 is 18.0 Å². The predicted molar refractivity (Wildman–Crippen MR) is 71.3 cm³/mol. The third kappa shape index (κ3) is 2.31. The van der Waals surface area contributed by atoms with Gasteiger partial charge in [0.15, 0.2) is 0 Å². The maximum absolute atomic E-state index is 10.3. The average molecular weight is 280 g/mol. The second kappa shape index (κ2) is 5.33. The fourth-order valence-electron chi connectivity index (χ4n) is 3.06. The first-order valence-corrected chi connectivity index (χ1v) is 7.06. The summed E-state index contributed by atoms with van der Waals surface area (Å²) in [5.41, 5.74) is 1.08. The monoisotopic (exact) mass is 280 g/mol. The van der Waals surface area contributed by atoms with Crippen LogP contribution in [0.1, 0.15) is 24.8 Å². The summed E-state index contributed by atoms with van der Waals surface area (Å²) in [5.74, 6) is -0.513. The maximum Gasteiger partial charge on any atom is 0.239 e. The van der Waals surface area contributed by atoms with Crippen LogP contribution in [0.3, 0.4) is 0 Å². The predicted octanol–water partition coefficient (Wildman–Crippen LogP) is 0.601. The highest BCUT2D eigenvalue weighted by molar-refractivity contribution is 5.36. The van der Waals surface area contributed by atoms with Gasteiger partial charge in [0.2, 0.25) is 5.79 Å². The molecule has 0 aliphatic carbocycles. The van der Waals surface area contributed by atoms with Gasteiger partial charge in [-0.2, -0.15) is 0 Å². The zero-order chi connectivity index (χ0) is 14.2. The molecule has 20 heavy (non-hydrogen) atoms. The third-order valence-corrected chi connectivity index (χ3v) is 4.13. The molecule has 0 unspecified atom stereocenters. The summed E-state index contributed by atoms with van der Waals surface area (Å²) < 4.78 is 11.8. The van der Waals surface area contributed by atoms with Crippen LogP contribution in [0.4, 0.5) is 0 Å². The highest BCUT2D eigenvalue weighted by Crippen LogP contribution is 2.41. The van der Waals surface area contributed by atoms with Gasteiger partial charge in [-0.15, -0.1) is 0 Å². The van der Waals surface area contributed by atoms with Crippen LogP contribution in [0.15, 0.2) is 24.3 Å². The molecule has 5 heteroatoms. The summed E-state index contributed by atoms with van der Waals surface area (Å²) in [6.07, 6.45) is -0.318. The van der Waals surface area contributed by atoms with Gasteiger partial charge in [-0.3, -0.25) is 0 Å². The van der Waals surface area contributed by atoms with Crippen molar-refractivity contribution in [2.45, 2.75) is 49.8 Å². The molecule has 5 nitrogen and oxygen atoms in total. The van der Waals surface area contributed by atoms with Crippen LogP contribution in [-0.4, -0.2) is 46.0 Å². The summed E-state index contributed by atoms with van der Waals surface area (Å²) >= 11 is 0. The highest BCUT2D eigenvalue weighted by Gasteiger charge is 2.52. The molecule has 0 radical (unpaired) electrons. The lowest BCUT2D eigenvalue weighted by Crippen LogP contribution is -2.62. The molecule has 1 spiro atoms. The second-order valence-electron chi connectivity index (χ2n) is 5.52. The number of ether oxygens (including phenoxy) is 2. The lowest BCUT2D eigenvalue weighted by Gasteiger charge is -2.48. The molecule has 1 aromatic carbocycles. The lowest BCUT2D eigenvalue weighted by atomic mass is 9.88.